The zero-order valence-electron chi connectivity index (χ0n) is 17.8. The van der Waals surface area contributed by atoms with Gasteiger partial charge in [-0.1, -0.05) is 11.6 Å². The van der Waals surface area contributed by atoms with Crippen LogP contribution in [0.3, 0.4) is 0 Å². The van der Waals surface area contributed by atoms with E-state index in [2.05, 4.69) is 10.3 Å². The van der Waals surface area contributed by atoms with Crippen LogP contribution in [0.2, 0.25) is 5.02 Å². The van der Waals surface area contributed by atoms with Gasteiger partial charge in [0, 0.05) is 43.8 Å². The van der Waals surface area contributed by atoms with Gasteiger partial charge in [-0.05, 0) is 43.2 Å². The molecule has 3 heterocycles. The van der Waals surface area contributed by atoms with Crippen molar-refractivity contribution in [3.05, 3.63) is 71.1 Å². The first-order valence-corrected chi connectivity index (χ1v) is 10.7. The molecule has 0 aliphatic carbocycles. The van der Waals surface area contributed by atoms with Gasteiger partial charge in [0.25, 0.3) is 5.91 Å². The van der Waals surface area contributed by atoms with Crippen LogP contribution < -0.4 is 15.0 Å². The van der Waals surface area contributed by atoms with Gasteiger partial charge in [-0.2, -0.15) is 13.2 Å². The summed E-state index contributed by atoms with van der Waals surface area (Å²) in [6.07, 6.45) is 1.39. The van der Waals surface area contributed by atoms with Crippen LogP contribution in [0.4, 0.5) is 19.0 Å². The van der Waals surface area contributed by atoms with Crippen LogP contribution in [0, 0.1) is 0 Å². The molecule has 4 rings (SSSR count). The number of aromatic nitrogens is 2. The SMILES string of the molecule is COc1cc(-n2cccc2)c(Cl)cc1C(=O)NC1CCN(c2ccc(C(F)(F)F)cn2)CC1. The molecule has 2 aromatic heterocycles. The Bertz CT molecular complexity index is 1110. The second-order valence-electron chi connectivity index (χ2n) is 7.73. The van der Waals surface area contributed by atoms with Gasteiger partial charge in [-0.15, -0.1) is 0 Å². The Morgan fingerprint density at radius 1 is 1.18 bits per heavy atom. The zero-order chi connectivity index (χ0) is 23.6. The van der Waals surface area contributed by atoms with E-state index in [0.717, 1.165) is 12.3 Å². The van der Waals surface area contributed by atoms with Crippen molar-refractivity contribution < 1.29 is 22.7 Å². The zero-order valence-corrected chi connectivity index (χ0v) is 18.5. The third-order valence-electron chi connectivity index (χ3n) is 5.63. The van der Waals surface area contributed by atoms with Gasteiger partial charge in [0.2, 0.25) is 0 Å². The van der Waals surface area contributed by atoms with Gasteiger partial charge >= 0.3 is 6.18 Å². The summed E-state index contributed by atoms with van der Waals surface area (Å²) < 4.78 is 45.5. The number of carbonyl (C=O) groups is 1. The van der Waals surface area contributed by atoms with Gasteiger partial charge < -0.3 is 19.5 Å². The van der Waals surface area contributed by atoms with Crippen molar-refractivity contribution in [3.63, 3.8) is 0 Å². The van der Waals surface area contributed by atoms with E-state index in [1.807, 2.05) is 34.0 Å². The second kappa shape index (κ2) is 9.35. The molecule has 0 radical (unpaired) electrons. The topological polar surface area (TPSA) is 59.4 Å². The highest BCUT2D eigenvalue weighted by Crippen LogP contribution is 2.31. The standard InChI is InChI=1S/C23H22ClF3N4O2/c1-33-20-13-19(30-8-2-3-9-30)18(24)12-17(20)22(32)29-16-6-10-31(11-7-16)21-5-4-15(14-28-21)23(25,26)27/h2-5,8-9,12-14,16H,6-7,10-11H2,1H3,(H,29,32). The predicted molar refractivity (Wildman–Crippen MR) is 119 cm³/mol. The van der Waals surface area contributed by atoms with Gasteiger partial charge in [-0.25, -0.2) is 4.98 Å². The fraction of sp³-hybridized carbons (Fsp3) is 0.304. The number of alkyl halides is 3. The summed E-state index contributed by atoms with van der Waals surface area (Å²) in [4.78, 5) is 18.8. The minimum Gasteiger partial charge on any atom is -0.496 e. The molecule has 0 unspecified atom stereocenters. The minimum absolute atomic E-state index is 0.0872. The van der Waals surface area contributed by atoms with Crippen molar-refractivity contribution >= 4 is 23.3 Å². The quantitative estimate of drug-likeness (QED) is 0.563. The number of ether oxygens (including phenoxy) is 1. The highest BCUT2D eigenvalue weighted by Gasteiger charge is 2.31. The number of pyridine rings is 1. The summed E-state index contributed by atoms with van der Waals surface area (Å²) >= 11 is 6.42. The average Bonchev–Trinajstić information content (AvgIpc) is 3.33. The summed E-state index contributed by atoms with van der Waals surface area (Å²) in [6, 6.07) is 9.37. The largest absolute Gasteiger partial charge is 0.496 e. The number of hydrogen-bond acceptors (Lipinski definition) is 4. The Morgan fingerprint density at radius 3 is 2.45 bits per heavy atom. The normalized spacial score (nSPS) is 14.9. The van der Waals surface area contributed by atoms with Gasteiger partial charge in [-0.3, -0.25) is 4.79 Å². The van der Waals surface area contributed by atoms with E-state index in [4.69, 9.17) is 16.3 Å². The number of nitrogens with zero attached hydrogens (tertiary/aromatic N) is 3. The van der Waals surface area contributed by atoms with Crippen molar-refractivity contribution in [1.82, 2.24) is 14.9 Å². The number of nitrogens with one attached hydrogen (secondary N) is 1. The smallest absolute Gasteiger partial charge is 0.417 e. The molecular formula is C23H22ClF3N4O2. The Balaban J connectivity index is 1.40. The minimum atomic E-state index is -4.41. The predicted octanol–water partition coefficient (Wildman–Crippen LogP) is 4.95. The fourth-order valence-electron chi connectivity index (χ4n) is 3.84. The molecule has 0 atom stereocenters. The molecule has 0 spiro atoms. The average molecular weight is 479 g/mol. The molecule has 1 aliphatic heterocycles. The number of carbonyl (C=O) groups excluding carboxylic acids is 1. The Kier molecular flexibility index (Phi) is 6.51. The number of benzene rings is 1. The van der Waals surface area contributed by atoms with Crippen molar-refractivity contribution in [2.45, 2.75) is 25.1 Å². The van der Waals surface area contributed by atoms with Crippen LogP contribution in [0.15, 0.2) is 55.0 Å². The first-order chi connectivity index (χ1) is 15.8. The van der Waals surface area contributed by atoms with Crippen LogP contribution in [0.1, 0.15) is 28.8 Å². The molecule has 1 fully saturated rings. The monoisotopic (exact) mass is 478 g/mol. The van der Waals surface area contributed by atoms with E-state index in [1.165, 1.54) is 13.2 Å². The lowest BCUT2D eigenvalue weighted by atomic mass is 10.0. The first kappa shape index (κ1) is 23.0. The first-order valence-electron chi connectivity index (χ1n) is 10.4. The number of methoxy groups -OCH3 is 1. The van der Waals surface area contributed by atoms with Crippen LogP contribution in [0.5, 0.6) is 5.75 Å². The molecule has 1 amide bonds. The van der Waals surface area contributed by atoms with E-state index in [9.17, 15) is 18.0 Å². The van der Waals surface area contributed by atoms with Crippen LogP contribution >= 0.6 is 11.6 Å². The third kappa shape index (κ3) is 5.08. The van der Waals surface area contributed by atoms with E-state index >= 15 is 0 Å². The molecular weight excluding hydrogens is 457 g/mol. The Labute approximate surface area is 193 Å². The highest BCUT2D eigenvalue weighted by atomic mass is 35.5. The molecule has 10 heteroatoms. The molecule has 1 N–H and O–H groups in total. The van der Waals surface area contributed by atoms with E-state index < -0.39 is 11.7 Å². The number of amides is 1. The summed E-state index contributed by atoms with van der Waals surface area (Å²) in [5.74, 6) is 0.604. The Hall–Kier alpha value is -3.20. The maximum atomic E-state index is 12.9. The van der Waals surface area contributed by atoms with E-state index in [-0.39, 0.29) is 11.9 Å². The summed E-state index contributed by atoms with van der Waals surface area (Å²) in [6.45, 7) is 1.13. The fourth-order valence-corrected chi connectivity index (χ4v) is 4.10. The lowest BCUT2D eigenvalue weighted by Crippen LogP contribution is -2.45. The molecule has 33 heavy (non-hydrogen) atoms. The number of piperidine rings is 1. The number of hydrogen-bond donors (Lipinski definition) is 1. The molecule has 3 aromatic rings. The molecule has 174 valence electrons. The molecule has 0 saturated carbocycles. The number of anilines is 1. The van der Waals surface area contributed by atoms with Crippen LogP contribution in [-0.4, -0.2) is 41.7 Å². The maximum Gasteiger partial charge on any atom is 0.417 e. The van der Waals surface area contributed by atoms with Crippen molar-refractivity contribution in [2.75, 3.05) is 25.1 Å². The van der Waals surface area contributed by atoms with Gasteiger partial charge in [0.05, 0.1) is 28.9 Å². The van der Waals surface area contributed by atoms with E-state index in [1.54, 1.807) is 12.1 Å². The lowest BCUT2D eigenvalue weighted by molar-refractivity contribution is -0.137. The number of rotatable bonds is 5. The third-order valence-corrected chi connectivity index (χ3v) is 5.93. The summed E-state index contributed by atoms with van der Waals surface area (Å²) in [7, 11) is 1.50. The summed E-state index contributed by atoms with van der Waals surface area (Å²) in [5.41, 5.74) is 0.265. The van der Waals surface area contributed by atoms with Crippen molar-refractivity contribution in [2.24, 2.45) is 0 Å². The van der Waals surface area contributed by atoms with Crippen LogP contribution in [0.25, 0.3) is 5.69 Å². The summed E-state index contributed by atoms with van der Waals surface area (Å²) in [5, 5.41) is 3.43. The van der Waals surface area contributed by atoms with E-state index in [0.29, 0.717) is 53.8 Å². The van der Waals surface area contributed by atoms with Crippen molar-refractivity contribution in [3.8, 4) is 11.4 Å². The maximum absolute atomic E-state index is 12.9. The number of halogens is 4. The molecule has 1 saturated heterocycles. The van der Waals surface area contributed by atoms with Crippen molar-refractivity contribution in [1.29, 1.82) is 0 Å². The lowest BCUT2D eigenvalue weighted by Gasteiger charge is -2.33. The highest BCUT2D eigenvalue weighted by molar-refractivity contribution is 6.33. The molecule has 6 nitrogen and oxygen atoms in total. The molecule has 1 aromatic carbocycles. The van der Waals surface area contributed by atoms with Gasteiger partial charge in [0.15, 0.2) is 0 Å². The molecule has 0 bridgehead atoms. The van der Waals surface area contributed by atoms with Crippen LogP contribution in [-0.2, 0) is 6.18 Å². The molecule has 1 aliphatic rings. The second-order valence-corrected chi connectivity index (χ2v) is 8.14. The Morgan fingerprint density at radius 2 is 1.88 bits per heavy atom. The van der Waals surface area contributed by atoms with Gasteiger partial charge in [0.1, 0.15) is 11.6 Å².